The van der Waals surface area contributed by atoms with E-state index in [0.29, 0.717) is 54.7 Å². The number of pyridine rings is 2. The van der Waals surface area contributed by atoms with Crippen LogP contribution in [0.1, 0.15) is 18.4 Å². The quantitative estimate of drug-likeness (QED) is 0.538. The standard InChI is InChI=1S/C22H22F2N4O3S/c1-32(25,29)13-14-8-21-27-20-11-17(18(24)12-26-20)16-5-4-15(23)10-19(16)30-6-2-3-7-31-22(9-14)28-21/h4-5,8-13H,2-3,6-7H2,1H3,(H2,25,29)(H,26,27,28). The van der Waals surface area contributed by atoms with Crippen molar-refractivity contribution in [2.75, 3.05) is 24.8 Å². The summed E-state index contributed by atoms with van der Waals surface area (Å²) in [5.74, 6) is 0.153. The summed E-state index contributed by atoms with van der Waals surface area (Å²) in [6, 6.07) is 8.72. The molecule has 168 valence electrons. The molecular formula is C22H22F2N4O3S. The van der Waals surface area contributed by atoms with Crippen LogP contribution >= 0.6 is 0 Å². The van der Waals surface area contributed by atoms with E-state index in [1.807, 2.05) is 0 Å². The van der Waals surface area contributed by atoms with Gasteiger partial charge in [-0.2, -0.15) is 4.98 Å². The molecule has 7 nitrogen and oxygen atoms in total. The van der Waals surface area contributed by atoms with E-state index in [1.54, 1.807) is 12.1 Å². The fourth-order valence-electron chi connectivity index (χ4n) is 3.25. The van der Waals surface area contributed by atoms with Crippen LogP contribution in [0.25, 0.3) is 11.1 Å². The molecular weight excluding hydrogens is 438 g/mol. The summed E-state index contributed by atoms with van der Waals surface area (Å²) in [6.45, 7) is 0.662. The molecule has 1 aliphatic heterocycles. The van der Waals surface area contributed by atoms with Gasteiger partial charge < -0.3 is 14.8 Å². The van der Waals surface area contributed by atoms with Crippen molar-refractivity contribution < 1.29 is 22.5 Å². The highest BCUT2D eigenvalue weighted by molar-refractivity contribution is 7.98. The molecule has 3 heterocycles. The molecule has 1 unspecified atom stereocenters. The Bertz CT molecular complexity index is 1270. The zero-order valence-corrected chi connectivity index (χ0v) is 18.1. The third-order valence-corrected chi connectivity index (χ3v) is 5.33. The molecule has 0 fully saturated rings. The predicted molar refractivity (Wildman–Crippen MR) is 121 cm³/mol. The summed E-state index contributed by atoms with van der Waals surface area (Å²) in [6.07, 6.45) is 3.76. The lowest BCUT2D eigenvalue weighted by Crippen LogP contribution is -2.13. The van der Waals surface area contributed by atoms with Crippen molar-refractivity contribution in [3.63, 3.8) is 0 Å². The number of anilines is 2. The third kappa shape index (κ3) is 5.51. The maximum Gasteiger partial charge on any atom is 0.215 e. The third-order valence-electron chi connectivity index (χ3n) is 4.59. The summed E-state index contributed by atoms with van der Waals surface area (Å²) in [5.41, 5.74) is 1.17. The Kier molecular flexibility index (Phi) is 6.24. The molecule has 10 heteroatoms. The molecule has 4 rings (SSSR count). The molecule has 1 aliphatic rings. The van der Waals surface area contributed by atoms with Crippen LogP contribution in [0.5, 0.6) is 11.6 Å². The van der Waals surface area contributed by atoms with E-state index in [-0.39, 0.29) is 11.3 Å². The van der Waals surface area contributed by atoms with E-state index in [1.165, 1.54) is 35.9 Å². The highest BCUT2D eigenvalue weighted by Gasteiger charge is 2.15. The summed E-state index contributed by atoms with van der Waals surface area (Å²) < 4.78 is 52.0. The van der Waals surface area contributed by atoms with E-state index in [2.05, 4.69) is 15.3 Å². The number of nitrogens with zero attached hydrogens (tertiary/aromatic N) is 2. The summed E-state index contributed by atoms with van der Waals surface area (Å²) in [5, 5.41) is 10.1. The SMILES string of the molecule is CS(N)(=O)=Cc1cc2nc(c1)OCCCCOc1cc(F)ccc1-c1cc(ncc1F)N2. The van der Waals surface area contributed by atoms with E-state index in [9.17, 15) is 13.0 Å². The van der Waals surface area contributed by atoms with Gasteiger partial charge in [0.05, 0.1) is 19.4 Å². The number of hydrogen-bond donors (Lipinski definition) is 2. The summed E-state index contributed by atoms with van der Waals surface area (Å²) in [7, 11) is -2.66. The Labute approximate surface area is 184 Å². The van der Waals surface area contributed by atoms with Crippen LogP contribution in [-0.4, -0.2) is 39.0 Å². The predicted octanol–water partition coefficient (Wildman–Crippen LogP) is 3.66. The van der Waals surface area contributed by atoms with Crippen molar-refractivity contribution in [2.45, 2.75) is 12.8 Å². The molecule has 4 bridgehead atoms. The molecule has 32 heavy (non-hydrogen) atoms. The first-order valence-electron chi connectivity index (χ1n) is 9.89. The summed E-state index contributed by atoms with van der Waals surface area (Å²) >= 11 is 0. The van der Waals surface area contributed by atoms with Gasteiger partial charge in [-0.15, -0.1) is 0 Å². The minimum Gasteiger partial charge on any atom is -0.493 e. The van der Waals surface area contributed by atoms with E-state index in [0.717, 1.165) is 6.20 Å². The summed E-state index contributed by atoms with van der Waals surface area (Å²) in [4.78, 5) is 8.48. The van der Waals surface area contributed by atoms with Gasteiger partial charge in [-0.1, -0.05) is 0 Å². The molecule has 3 aromatic rings. The van der Waals surface area contributed by atoms with Crippen molar-refractivity contribution in [2.24, 2.45) is 5.14 Å². The highest BCUT2D eigenvalue weighted by Crippen LogP contribution is 2.34. The van der Waals surface area contributed by atoms with Gasteiger partial charge in [-0.05, 0) is 42.7 Å². The number of aromatic nitrogens is 2. The molecule has 0 radical (unpaired) electrons. The zero-order valence-electron chi connectivity index (χ0n) is 17.3. The molecule has 2 aromatic heterocycles. The minimum absolute atomic E-state index is 0.199. The fraction of sp³-hybridized carbons (Fsp3) is 0.227. The first-order valence-corrected chi connectivity index (χ1v) is 12.0. The fourth-order valence-corrected chi connectivity index (χ4v) is 3.92. The Hall–Kier alpha value is -3.24. The minimum atomic E-state index is -2.66. The number of rotatable bonds is 1. The van der Waals surface area contributed by atoms with Crippen LogP contribution in [0.2, 0.25) is 0 Å². The van der Waals surface area contributed by atoms with Crippen LogP contribution < -0.4 is 19.9 Å². The molecule has 0 saturated heterocycles. The number of hydrogen-bond acceptors (Lipinski definition) is 6. The lowest BCUT2D eigenvalue weighted by atomic mass is 10.0. The first kappa shape index (κ1) is 22.0. The lowest BCUT2D eigenvalue weighted by Gasteiger charge is -2.13. The van der Waals surface area contributed by atoms with Crippen molar-refractivity contribution in [3.8, 4) is 22.8 Å². The number of benzene rings is 1. The Morgan fingerprint density at radius 3 is 2.62 bits per heavy atom. The average molecular weight is 461 g/mol. The smallest absolute Gasteiger partial charge is 0.215 e. The van der Waals surface area contributed by atoms with Crippen LogP contribution in [0.3, 0.4) is 0 Å². The van der Waals surface area contributed by atoms with Gasteiger partial charge in [-0.25, -0.2) is 13.8 Å². The normalized spacial score (nSPS) is 15.5. The van der Waals surface area contributed by atoms with Gasteiger partial charge in [0.2, 0.25) is 5.88 Å². The van der Waals surface area contributed by atoms with Crippen LogP contribution in [0.4, 0.5) is 20.4 Å². The van der Waals surface area contributed by atoms with Crippen molar-refractivity contribution in [1.82, 2.24) is 9.97 Å². The Morgan fingerprint density at radius 2 is 1.84 bits per heavy atom. The van der Waals surface area contributed by atoms with E-state index in [4.69, 9.17) is 14.6 Å². The average Bonchev–Trinajstić information content (AvgIpc) is 2.71. The van der Waals surface area contributed by atoms with Gasteiger partial charge >= 0.3 is 0 Å². The monoisotopic (exact) mass is 460 g/mol. The number of nitrogens with one attached hydrogen (secondary N) is 1. The van der Waals surface area contributed by atoms with Gasteiger partial charge in [0.15, 0.2) is 0 Å². The number of fused-ring (bicyclic) bond motifs is 6. The molecule has 0 amide bonds. The number of nitrogens with two attached hydrogens (primary N) is 1. The largest absolute Gasteiger partial charge is 0.493 e. The van der Waals surface area contributed by atoms with Gasteiger partial charge in [0, 0.05) is 44.6 Å². The van der Waals surface area contributed by atoms with Crippen molar-refractivity contribution in [1.29, 1.82) is 0 Å². The highest BCUT2D eigenvalue weighted by atomic mass is 32.2. The number of ether oxygens (including phenoxy) is 2. The van der Waals surface area contributed by atoms with Crippen LogP contribution in [0, 0.1) is 11.6 Å². The second-order valence-corrected chi connectivity index (χ2v) is 9.60. The molecule has 1 aromatic carbocycles. The van der Waals surface area contributed by atoms with Crippen molar-refractivity contribution in [3.05, 3.63) is 59.8 Å². The van der Waals surface area contributed by atoms with E-state index >= 15 is 0 Å². The Balaban J connectivity index is 1.81. The molecule has 1 atom stereocenters. The molecule has 0 spiro atoms. The second-order valence-electron chi connectivity index (χ2n) is 7.43. The lowest BCUT2D eigenvalue weighted by molar-refractivity contribution is 0.261. The van der Waals surface area contributed by atoms with Crippen LogP contribution in [-0.2, 0) is 9.71 Å². The van der Waals surface area contributed by atoms with Crippen molar-refractivity contribution >= 4 is 26.7 Å². The topological polar surface area (TPSA) is 99.4 Å². The van der Waals surface area contributed by atoms with E-state index < -0.39 is 21.3 Å². The second kappa shape index (κ2) is 9.09. The molecule has 0 saturated carbocycles. The van der Waals surface area contributed by atoms with Gasteiger partial charge in [-0.3, -0.25) is 9.35 Å². The maximum absolute atomic E-state index is 14.7. The molecule has 0 aliphatic carbocycles. The van der Waals surface area contributed by atoms with Crippen LogP contribution in [0.15, 0.2) is 42.6 Å². The zero-order chi connectivity index (χ0) is 22.7. The number of halogens is 2. The maximum atomic E-state index is 14.7. The van der Waals surface area contributed by atoms with Gasteiger partial charge in [0.1, 0.15) is 29.0 Å². The van der Waals surface area contributed by atoms with Gasteiger partial charge in [0.25, 0.3) is 0 Å². The first-order chi connectivity index (χ1) is 15.3. The Morgan fingerprint density at radius 1 is 1.06 bits per heavy atom. The molecule has 3 N–H and O–H groups in total.